The average Bonchev–Trinajstić information content (AvgIpc) is 2.99. The number of piperidine rings is 1. The Morgan fingerprint density at radius 1 is 1.12 bits per heavy atom. The first-order valence-electron chi connectivity index (χ1n) is 10.7. The zero-order chi connectivity index (χ0) is 22.7. The highest BCUT2D eigenvalue weighted by Crippen LogP contribution is 2.29. The van der Waals surface area contributed by atoms with Crippen LogP contribution in [-0.4, -0.2) is 43.9 Å². The number of sulfonamides is 1. The Morgan fingerprint density at radius 2 is 1.91 bits per heavy atom. The van der Waals surface area contributed by atoms with Crippen LogP contribution in [0.4, 0.5) is 11.4 Å². The standard InChI is InChI=1S/C23H27N3O4S2/c1-31-19-6-3-5-18(15-19)24-23(28)16-10-12-26(13-11-16)32(29,30)20-8-9-21-17(14-20)4-2-7-22(27)25-21/h3,5-6,8-9,14-16H,2,4,7,10-13H2,1H3,(H,24,28)(H,25,27). The molecule has 7 nitrogen and oxygen atoms in total. The van der Waals surface area contributed by atoms with Gasteiger partial charge in [0.2, 0.25) is 21.8 Å². The van der Waals surface area contributed by atoms with Crippen LogP contribution in [0.3, 0.4) is 0 Å². The van der Waals surface area contributed by atoms with Gasteiger partial charge >= 0.3 is 0 Å². The largest absolute Gasteiger partial charge is 0.326 e. The van der Waals surface area contributed by atoms with Gasteiger partial charge in [-0.15, -0.1) is 11.8 Å². The van der Waals surface area contributed by atoms with Gasteiger partial charge in [0.05, 0.1) is 4.90 Å². The molecular weight excluding hydrogens is 446 g/mol. The molecule has 0 radical (unpaired) electrons. The second kappa shape index (κ2) is 9.64. The molecule has 0 aliphatic carbocycles. The van der Waals surface area contributed by atoms with E-state index >= 15 is 0 Å². The molecule has 2 aliphatic heterocycles. The molecule has 9 heteroatoms. The van der Waals surface area contributed by atoms with Crippen LogP contribution in [-0.2, 0) is 26.0 Å². The highest BCUT2D eigenvalue weighted by Gasteiger charge is 2.32. The Labute approximate surface area is 193 Å². The number of hydrogen-bond donors (Lipinski definition) is 2. The number of carbonyl (C=O) groups excluding carboxylic acids is 2. The van der Waals surface area contributed by atoms with Crippen molar-refractivity contribution in [2.24, 2.45) is 5.92 Å². The van der Waals surface area contributed by atoms with E-state index in [2.05, 4.69) is 10.6 Å². The van der Waals surface area contributed by atoms with Crippen molar-refractivity contribution in [3.8, 4) is 0 Å². The van der Waals surface area contributed by atoms with E-state index in [4.69, 9.17) is 0 Å². The normalized spacial score (nSPS) is 17.8. The quantitative estimate of drug-likeness (QED) is 0.646. The van der Waals surface area contributed by atoms with Gasteiger partial charge in [-0.25, -0.2) is 8.42 Å². The summed E-state index contributed by atoms with van der Waals surface area (Å²) in [4.78, 5) is 25.7. The van der Waals surface area contributed by atoms with Gasteiger partial charge in [0, 0.05) is 41.7 Å². The summed E-state index contributed by atoms with van der Waals surface area (Å²) < 4.78 is 27.9. The molecule has 2 aliphatic rings. The third kappa shape index (κ3) is 5.00. The number of hydrogen-bond acceptors (Lipinski definition) is 5. The van der Waals surface area contributed by atoms with Crippen LogP contribution in [0, 0.1) is 5.92 Å². The molecule has 0 bridgehead atoms. The fourth-order valence-corrected chi connectivity index (χ4v) is 6.14. The van der Waals surface area contributed by atoms with Crippen LogP contribution in [0.25, 0.3) is 0 Å². The monoisotopic (exact) mass is 473 g/mol. The predicted octanol–water partition coefficient (Wildman–Crippen LogP) is 3.72. The number of nitrogens with zero attached hydrogens (tertiary/aromatic N) is 1. The van der Waals surface area contributed by atoms with E-state index in [0.717, 1.165) is 16.1 Å². The summed E-state index contributed by atoms with van der Waals surface area (Å²) in [5.74, 6) is -0.331. The van der Waals surface area contributed by atoms with Crippen molar-refractivity contribution in [3.63, 3.8) is 0 Å². The van der Waals surface area contributed by atoms with Crippen LogP contribution in [0.2, 0.25) is 0 Å². The van der Waals surface area contributed by atoms with Crippen LogP contribution in [0.5, 0.6) is 0 Å². The molecule has 0 unspecified atom stereocenters. The fourth-order valence-electron chi connectivity index (χ4n) is 4.16. The van der Waals surface area contributed by atoms with Crippen molar-refractivity contribution in [1.82, 2.24) is 4.31 Å². The Balaban J connectivity index is 1.40. The Bertz CT molecular complexity index is 1130. The molecule has 0 atom stereocenters. The predicted molar refractivity (Wildman–Crippen MR) is 126 cm³/mol. The number of carbonyl (C=O) groups is 2. The maximum absolute atomic E-state index is 13.2. The molecule has 32 heavy (non-hydrogen) atoms. The third-order valence-corrected chi connectivity index (χ3v) is 8.62. The molecular formula is C23H27N3O4S2. The summed E-state index contributed by atoms with van der Waals surface area (Å²) in [6.45, 7) is 0.609. The number of amides is 2. The first kappa shape index (κ1) is 22.8. The van der Waals surface area contributed by atoms with Gasteiger partial charge in [0.25, 0.3) is 0 Å². The summed E-state index contributed by atoms with van der Waals surface area (Å²) in [5.41, 5.74) is 2.29. The number of anilines is 2. The number of thioether (sulfide) groups is 1. The second-order valence-corrected chi connectivity index (χ2v) is 10.9. The maximum Gasteiger partial charge on any atom is 0.243 e. The van der Waals surface area contributed by atoms with Crippen LogP contribution >= 0.6 is 11.8 Å². The molecule has 2 aromatic rings. The highest BCUT2D eigenvalue weighted by molar-refractivity contribution is 7.98. The first-order chi connectivity index (χ1) is 15.4. The molecule has 4 rings (SSSR count). The minimum atomic E-state index is -3.65. The molecule has 2 heterocycles. The first-order valence-corrected chi connectivity index (χ1v) is 13.4. The summed E-state index contributed by atoms with van der Waals surface area (Å²) in [6, 6.07) is 12.6. The number of benzene rings is 2. The number of rotatable bonds is 5. The minimum absolute atomic E-state index is 0.0418. The van der Waals surface area contributed by atoms with Gasteiger partial charge in [0.1, 0.15) is 0 Å². The van der Waals surface area contributed by atoms with E-state index in [-0.39, 0.29) is 22.6 Å². The van der Waals surface area contributed by atoms with Crippen molar-refractivity contribution in [2.75, 3.05) is 30.0 Å². The molecule has 0 spiro atoms. The summed E-state index contributed by atoms with van der Waals surface area (Å²) in [5, 5.41) is 5.79. The van der Waals surface area contributed by atoms with E-state index < -0.39 is 10.0 Å². The number of aryl methyl sites for hydroxylation is 1. The van der Waals surface area contributed by atoms with Crippen LogP contribution < -0.4 is 10.6 Å². The smallest absolute Gasteiger partial charge is 0.243 e. The summed E-state index contributed by atoms with van der Waals surface area (Å²) in [7, 11) is -3.65. The Kier molecular flexibility index (Phi) is 6.88. The second-order valence-electron chi connectivity index (χ2n) is 8.12. The van der Waals surface area contributed by atoms with Gasteiger partial charge in [-0.3, -0.25) is 9.59 Å². The Morgan fingerprint density at radius 3 is 2.66 bits per heavy atom. The summed E-state index contributed by atoms with van der Waals surface area (Å²) >= 11 is 1.61. The average molecular weight is 474 g/mol. The lowest BCUT2D eigenvalue weighted by molar-refractivity contribution is -0.121. The van der Waals surface area contributed by atoms with Crippen molar-refractivity contribution in [1.29, 1.82) is 0 Å². The zero-order valence-electron chi connectivity index (χ0n) is 18.0. The topological polar surface area (TPSA) is 95.6 Å². The van der Waals surface area contributed by atoms with E-state index in [1.165, 1.54) is 4.31 Å². The maximum atomic E-state index is 13.2. The zero-order valence-corrected chi connectivity index (χ0v) is 19.6. The fraction of sp³-hybridized carbons (Fsp3) is 0.391. The van der Waals surface area contributed by atoms with Crippen molar-refractivity contribution in [3.05, 3.63) is 48.0 Å². The van der Waals surface area contributed by atoms with Gasteiger partial charge < -0.3 is 10.6 Å². The molecule has 170 valence electrons. The number of nitrogens with one attached hydrogen (secondary N) is 2. The lowest BCUT2D eigenvalue weighted by atomic mass is 9.97. The molecule has 0 aromatic heterocycles. The summed E-state index contributed by atoms with van der Waals surface area (Å²) in [6.07, 6.45) is 4.74. The molecule has 2 aromatic carbocycles. The van der Waals surface area contributed by atoms with Crippen LogP contribution in [0.1, 0.15) is 31.2 Å². The third-order valence-electron chi connectivity index (χ3n) is 6.00. The lowest BCUT2D eigenvalue weighted by Gasteiger charge is -2.30. The van der Waals surface area contributed by atoms with Gasteiger partial charge in [-0.2, -0.15) is 4.31 Å². The molecule has 1 fully saturated rings. The SMILES string of the molecule is CSc1cccc(NC(=O)C2CCN(S(=O)(=O)c3ccc4c(c3)CCCC(=O)N4)CC2)c1. The molecule has 1 saturated heterocycles. The Hall–Kier alpha value is -2.36. The highest BCUT2D eigenvalue weighted by atomic mass is 32.2. The van der Waals surface area contributed by atoms with Crippen LogP contribution in [0.15, 0.2) is 52.3 Å². The van der Waals surface area contributed by atoms with Crippen molar-refractivity contribution >= 4 is 45.0 Å². The lowest BCUT2D eigenvalue weighted by Crippen LogP contribution is -2.41. The molecule has 0 saturated carbocycles. The van der Waals surface area contributed by atoms with Crippen molar-refractivity contribution < 1.29 is 18.0 Å². The van der Waals surface area contributed by atoms with Gasteiger partial charge in [-0.05, 0) is 73.9 Å². The van der Waals surface area contributed by atoms with Gasteiger partial charge in [-0.1, -0.05) is 6.07 Å². The van der Waals surface area contributed by atoms with E-state index in [0.29, 0.717) is 50.9 Å². The number of fused-ring (bicyclic) bond motifs is 1. The van der Waals surface area contributed by atoms with E-state index in [1.54, 1.807) is 30.0 Å². The van der Waals surface area contributed by atoms with E-state index in [9.17, 15) is 18.0 Å². The van der Waals surface area contributed by atoms with E-state index in [1.807, 2.05) is 30.5 Å². The molecule has 2 amide bonds. The molecule has 2 N–H and O–H groups in total. The van der Waals surface area contributed by atoms with Gasteiger partial charge in [0.15, 0.2) is 0 Å². The van der Waals surface area contributed by atoms with Crippen molar-refractivity contribution in [2.45, 2.75) is 41.9 Å². The minimum Gasteiger partial charge on any atom is -0.326 e.